The molecule has 0 heterocycles. The molecule has 0 spiro atoms. The minimum Gasteiger partial charge on any atom is -0.502 e. The second-order valence-corrected chi connectivity index (χ2v) is 2.63. The summed E-state index contributed by atoms with van der Waals surface area (Å²) in [5, 5.41) is 19.6. The molecule has 0 aliphatic heterocycles. The Hall–Kier alpha value is -1.91. The molecular weight excluding hydrogens is 172 g/mol. The van der Waals surface area contributed by atoms with Crippen molar-refractivity contribution >= 4 is 18.1 Å². The second-order valence-electron chi connectivity index (χ2n) is 2.63. The largest absolute Gasteiger partial charge is 0.502 e. The zero-order valence-corrected chi connectivity index (χ0v) is 7.10. The molecule has 0 aliphatic rings. The van der Waals surface area contributed by atoms with Crippen LogP contribution in [-0.4, -0.2) is 28.4 Å². The van der Waals surface area contributed by atoms with Crippen molar-refractivity contribution in [2.24, 2.45) is 0 Å². The molecule has 5 nitrogen and oxygen atoms in total. The lowest BCUT2D eigenvalue weighted by molar-refractivity contribution is -0.397. The Labute approximate surface area is 74.7 Å². The van der Waals surface area contributed by atoms with Crippen LogP contribution in [0.3, 0.4) is 0 Å². The summed E-state index contributed by atoms with van der Waals surface area (Å²) in [6.07, 6.45) is 0. The lowest BCUT2D eigenvalue weighted by atomic mass is 10.2. The summed E-state index contributed by atoms with van der Waals surface area (Å²) in [7, 11) is 1.64. The molecule has 0 atom stereocenters. The highest BCUT2D eigenvalue weighted by Crippen LogP contribution is 2.28. The van der Waals surface area contributed by atoms with Gasteiger partial charge in [-0.2, -0.15) is 0 Å². The summed E-state index contributed by atoms with van der Waals surface area (Å²) >= 11 is 0. The first-order valence-electron chi connectivity index (χ1n) is 3.54. The van der Waals surface area contributed by atoms with Gasteiger partial charge in [-0.1, -0.05) is 0 Å². The first-order chi connectivity index (χ1) is 6.02. The Bertz CT molecular complexity index is 374. The van der Waals surface area contributed by atoms with Gasteiger partial charge in [-0.25, -0.2) is 4.58 Å². The first kappa shape index (κ1) is 9.18. The molecule has 5 heteroatoms. The molecule has 0 radical (unpaired) electrons. The summed E-state index contributed by atoms with van der Waals surface area (Å²) in [4.78, 5) is 9.74. The third-order valence-corrected chi connectivity index (χ3v) is 1.58. The summed E-state index contributed by atoms with van der Waals surface area (Å²) in [5.74, 6) is -0.147. The first-order valence-corrected chi connectivity index (χ1v) is 3.54. The maximum absolute atomic E-state index is 10.3. The van der Waals surface area contributed by atoms with Gasteiger partial charge < -0.3 is 5.11 Å². The van der Waals surface area contributed by atoms with Crippen molar-refractivity contribution in [2.45, 2.75) is 0 Å². The van der Waals surface area contributed by atoms with Crippen molar-refractivity contribution < 1.29 is 14.6 Å². The van der Waals surface area contributed by atoms with E-state index >= 15 is 0 Å². The molecule has 1 aromatic rings. The molecule has 0 aromatic heterocycles. The number of benzene rings is 1. The van der Waals surface area contributed by atoms with Crippen LogP contribution in [0.25, 0.3) is 0 Å². The van der Waals surface area contributed by atoms with Gasteiger partial charge >= 0.3 is 0 Å². The van der Waals surface area contributed by atoms with Gasteiger partial charge in [-0.15, -0.1) is 0 Å². The van der Waals surface area contributed by atoms with Crippen molar-refractivity contribution in [3.8, 4) is 5.75 Å². The van der Waals surface area contributed by atoms with E-state index in [2.05, 4.69) is 6.72 Å². The van der Waals surface area contributed by atoms with E-state index in [9.17, 15) is 15.2 Å². The van der Waals surface area contributed by atoms with E-state index in [1.165, 1.54) is 16.7 Å². The Morgan fingerprint density at radius 1 is 1.54 bits per heavy atom. The summed E-state index contributed by atoms with van der Waals surface area (Å²) in [5.41, 5.74) is 0.314. The average Bonchev–Trinajstić information content (AvgIpc) is 2.03. The normalized spacial score (nSPS) is 9.62. The fraction of sp³-hybridized carbons (Fsp3) is 0.125. The minimum absolute atomic E-state index is 0.136. The van der Waals surface area contributed by atoms with E-state index in [1.54, 1.807) is 7.05 Å². The van der Waals surface area contributed by atoms with E-state index in [4.69, 9.17) is 0 Å². The van der Waals surface area contributed by atoms with E-state index in [1.807, 2.05) is 0 Å². The van der Waals surface area contributed by atoms with Gasteiger partial charge in [-0.05, 0) is 0 Å². The number of hydrogen-bond acceptors (Lipinski definition) is 3. The van der Waals surface area contributed by atoms with Crippen molar-refractivity contribution in [3.63, 3.8) is 0 Å². The molecule has 1 aromatic carbocycles. The Morgan fingerprint density at radius 3 is 2.54 bits per heavy atom. The third-order valence-electron chi connectivity index (χ3n) is 1.58. The number of non-ortho nitro benzene ring substituents is 1. The molecule has 0 fully saturated rings. The third kappa shape index (κ3) is 1.81. The molecule has 0 saturated carbocycles. The smallest absolute Gasteiger partial charge is 0.273 e. The average molecular weight is 181 g/mol. The molecule has 0 saturated heterocycles. The van der Waals surface area contributed by atoms with Gasteiger partial charge in [0, 0.05) is 12.1 Å². The lowest BCUT2D eigenvalue weighted by Gasteiger charge is -1.97. The molecule has 0 unspecified atom stereocenters. The van der Waals surface area contributed by atoms with Crippen LogP contribution in [0.15, 0.2) is 18.2 Å². The number of rotatable bonds is 2. The fourth-order valence-electron chi connectivity index (χ4n) is 0.948. The molecule has 68 valence electrons. The topological polar surface area (TPSA) is 66.4 Å². The van der Waals surface area contributed by atoms with E-state index < -0.39 is 4.92 Å². The maximum Gasteiger partial charge on any atom is 0.273 e. The van der Waals surface area contributed by atoms with Crippen LogP contribution in [0.2, 0.25) is 0 Å². The Kier molecular flexibility index (Phi) is 2.27. The fourth-order valence-corrected chi connectivity index (χ4v) is 0.948. The molecule has 0 bridgehead atoms. The van der Waals surface area contributed by atoms with Crippen molar-refractivity contribution in [3.05, 3.63) is 28.3 Å². The van der Waals surface area contributed by atoms with Gasteiger partial charge in [0.15, 0.2) is 5.75 Å². The predicted octanol–water partition coefficient (Wildman–Crippen LogP) is 1.27. The highest BCUT2D eigenvalue weighted by Gasteiger charge is 2.14. The number of phenols is 1. The number of aromatic hydroxyl groups is 1. The van der Waals surface area contributed by atoms with Crippen LogP contribution < -0.4 is 0 Å². The number of nitrogens with zero attached hydrogens (tertiary/aromatic N) is 2. The van der Waals surface area contributed by atoms with Gasteiger partial charge in [-0.3, -0.25) is 10.1 Å². The van der Waals surface area contributed by atoms with Crippen molar-refractivity contribution in [2.75, 3.05) is 7.05 Å². The highest BCUT2D eigenvalue weighted by atomic mass is 16.6. The van der Waals surface area contributed by atoms with Gasteiger partial charge in [0.1, 0.15) is 13.8 Å². The second kappa shape index (κ2) is 3.22. The molecule has 1 N–H and O–H groups in total. The zero-order valence-electron chi connectivity index (χ0n) is 7.10. The van der Waals surface area contributed by atoms with Gasteiger partial charge in [0.25, 0.3) is 5.69 Å². The highest BCUT2D eigenvalue weighted by molar-refractivity contribution is 5.52. The van der Waals surface area contributed by atoms with E-state index in [0.29, 0.717) is 5.69 Å². The minimum atomic E-state index is -0.563. The SMILES string of the molecule is C=[N+](C)c1ccc([N+](=O)[O-])cc1O. The van der Waals surface area contributed by atoms with Crippen molar-refractivity contribution in [1.29, 1.82) is 0 Å². The van der Waals surface area contributed by atoms with Crippen LogP contribution in [0.1, 0.15) is 0 Å². The summed E-state index contributed by atoms with van der Waals surface area (Å²) in [6.45, 7) is 3.55. The monoisotopic (exact) mass is 181 g/mol. The number of hydrogen-bond donors (Lipinski definition) is 1. The zero-order chi connectivity index (χ0) is 10.0. The maximum atomic E-state index is 10.3. The van der Waals surface area contributed by atoms with Crippen LogP contribution in [0, 0.1) is 10.1 Å². The van der Waals surface area contributed by atoms with Gasteiger partial charge in [0.2, 0.25) is 5.69 Å². The number of nitro groups is 1. The van der Waals surface area contributed by atoms with Gasteiger partial charge in [0.05, 0.1) is 11.0 Å². The molecule has 0 aliphatic carbocycles. The lowest BCUT2D eigenvalue weighted by Crippen LogP contribution is -1.94. The molecular formula is C8H9N2O3+. The predicted molar refractivity (Wildman–Crippen MR) is 47.7 cm³/mol. The number of phenolic OH excluding ortho intramolecular Hbond substituents is 1. The number of nitro benzene ring substituents is 1. The quantitative estimate of drug-likeness (QED) is 0.323. The van der Waals surface area contributed by atoms with E-state index in [-0.39, 0.29) is 11.4 Å². The van der Waals surface area contributed by atoms with Crippen LogP contribution in [-0.2, 0) is 0 Å². The molecule has 13 heavy (non-hydrogen) atoms. The summed E-state index contributed by atoms with van der Waals surface area (Å²) in [6, 6.07) is 3.86. The molecule has 1 rings (SSSR count). The van der Waals surface area contributed by atoms with Crippen LogP contribution in [0.5, 0.6) is 5.75 Å². The van der Waals surface area contributed by atoms with Crippen molar-refractivity contribution in [1.82, 2.24) is 0 Å². The summed E-state index contributed by atoms with van der Waals surface area (Å²) < 4.78 is 1.43. The Balaban J connectivity index is 3.20. The Morgan fingerprint density at radius 2 is 2.15 bits per heavy atom. The van der Waals surface area contributed by atoms with Crippen LogP contribution in [0.4, 0.5) is 11.4 Å². The van der Waals surface area contributed by atoms with Crippen LogP contribution >= 0.6 is 0 Å². The molecule has 0 amide bonds. The van der Waals surface area contributed by atoms with E-state index in [0.717, 1.165) is 6.07 Å². The standard InChI is InChI=1S/C8H8N2O3/c1-9(2)7-4-3-6(10(12)13)5-8(7)11/h3-5H,1H2,2H3/p+1.